The first-order valence-electron chi connectivity index (χ1n) is 6.69. The van der Waals surface area contributed by atoms with E-state index in [9.17, 15) is 4.79 Å². The topological polar surface area (TPSA) is 55.1 Å². The molecule has 4 heteroatoms. The number of hydrogen-bond donors (Lipinski definition) is 2. The predicted octanol–water partition coefficient (Wildman–Crippen LogP) is 3.60. The van der Waals surface area contributed by atoms with E-state index in [1.807, 2.05) is 25.1 Å². The SMILES string of the molecule is Cc1c(Cl)cccc1NC(=O)C[C@@H](CN)CC(C)C. The van der Waals surface area contributed by atoms with Crippen LogP contribution < -0.4 is 11.1 Å². The molecule has 0 spiro atoms. The van der Waals surface area contributed by atoms with E-state index in [0.29, 0.717) is 23.9 Å². The Hall–Kier alpha value is -1.06. The van der Waals surface area contributed by atoms with Gasteiger partial charge in [-0.3, -0.25) is 4.79 Å². The van der Waals surface area contributed by atoms with Crippen molar-refractivity contribution in [2.45, 2.75) is 33.6 Å². The predicted molar refractivity (Wildman–Crippen MR) is 81.4 cm³/mol. The van der Waals surface area contributed by atoms with Crippen molar-refractivity contribution in [1.29, 1.82) is 0 Å². The number of carbonyl (C=O) groups is 1. The number of rotatable bonds is 6. The van der Waals surface area contributed by atoms with Crippen LogP contribution in [0.5, 0.6) is 0 Å². The molecule has 1 rings (SSSR count). The van der Waals surface area contributed by atoms with Crippen LogP contribution in [-0.2, 0) is 4.79 Å². The van der Waals surface area contributed by atoms with Crippen LogP contribution >= 0.6 is 11.6 Å². The molecule has 0 saturated carbocycles. The van der Waals surface area contributed by atoms with Crippen molar-refractivity contribution in [2.75, 3.05) is 11.9 Å². The van der Waals surface area contributed by atoms with Gasteiger partial charge >= 0.3 is 0 Å². The van der Waals surface area contributed by atoms with Gasteiger partial charge in [0.25, 0.3) is 0 Å². The molecule has 0 fully saturated rings. The van der Waals surface area contributed by atoms with E-state index in [1.165, 1.54) is 0 Å². The molecule has 0 radical (unpaired) electrons. The number of nitrogens with two attached hydrogens (primary N) is 1. The standard InChI is InChI=1S/C15H23ClN2O/c1-10(2)7-12(9-17)8-15(19)18-14-6-4-5-13(16)11(14)3/h4-6,10,12H,7-9,17H2,1-3H3,(H,18,19)/t12-/m0/s1. The van der Waals surface area contributed by atoms with E-state index in [0.717, 1.165) is 17.7 Å². The molecule has 0 aliphatic carbocycles. The van der Waals surface area contributed by atoms with Crippen LogP contribution in [-0.4, -0.2) is 12.5 Å². The van der Waals surface area contributed by atoms with Crippen molar-refractivity contribution in [3.8, 4) is 0 Å². The van der Waals surface area contributed by atoms with Crippen molar-refractivity contribution in [2.24, 2.45) is 17.6 Å². The number of hydrogen-bond acceptors (Lipinski definition) is 2. The minimum Gasteiger partial charge on any atom is -0.330 e. The molecule has 1 atom stereocenters. The van der Waals surface area contributed by atoms with Gasteiger partial charge < -0.3 is 11.1 Å². The Morgan fingerprint density at radius 3 is 2.68 bits per heavy atom. The van der Waals surface area contributed by atoms with Crippen molar-refractivity contribution in [3.63, 3.8) is 0 Å². The second-order valence-corrected chi connectivity index (χ2v) is 5.80. The molecule has 1 amide bonds. The Morgan fingerprint density at radius 2 is 2.11 bits per heavy atom. The van der Waals surface area contributed by atoms with Gasteiger partial charge in [-0.25, -0.2) is 0 Å². The average Bonchev–Trinajstić information content (AvgIpc) is 2.33. The molecule has 0 aromatic heterocycles. The van der Waals surface area contributed by atoms with E-state index in [1.54, 1.807) is 0 Å². The molecule has 0 unspecified atom stereocenters. The molecular formula is C15H23ClN2O. The second kappa shape index (κ2) is 7.51. The molecule has 0 aliphatic rings. The third-order valence-electron chi connectivity index (χ3n) is 3.15. The number of nitrogens with one attached hydrogen (secondary N) is 1. The van der Waals surface area contributed by atoms with Crippen LogP contribution in [0.4, 0.5) is 5.69 Å². The molecule has 1 aromatic carbocycles. The lowest BCUT2D eigenvalue weighted by Crippen LogP contribution is -2.23. The molecule has 0 heterocycles. The van der Waals surface area contributed by atoms with E-state index in [4.69, 9.17) is 17.3 Å². The van der Waals surface area contributed by atoms with Crippen molar-refractivity contribution in [3.05, 3.63) is 28.8 Å². The van der Waals surface area contributed by atoms with Crippen LogP contribution in [0.3, 0.4) is 0 Å². The Kier molecular flexibility index (Phi) is 6.32. The summed E-state index contributed by atoms with van der Waals surface area (Å²) < 4.78 is 0. The highest BCUT2D eigenvalue weighted by Gasteiger charge is 2.15. The van der Waals surface area contributed by atoms with Crippen LogP contribution in [0.25, 0.3) is 0 Å². The summed E-state index contributed by atoms with van der Waals surface area (Å²) in [4.78, 5) is 12.0. The Balaban J connectivity index is 2.62. The van der Waals surface area contributed by atoms with Crippen molar-refractivity contribution >= 4 is 23.2 Å². The summed E-state index contributed by atoms with van der Waals surface area (Å²) in [7, 11) is 0. The van der Waals surface area contributed by atoms with Crippen molar-refractivity contribution < 1.29 is 4.79 Å². The van der Waals surface area contributed by atoms with Crippen LogP contribution in [0.15, 0.2) is 18.2 Å². The maximum atomic E-state index is 12.0. The smallest absolute Gasteiger partial charge is 0.224 e. The number of anilines is 1. The lowest BCUT2D eigenvalue weighted by molar-refractivity contribution is -0.117. The summed E-state index contributed by atoms with van der Waals surface area (Å²) in [6.45, 7) is 6.72. The lowest BCUT2D eigenvalue weighted by Gasteiger charge is -2.17. The van der Waals surface area contributed by atoms with Gasteiger partial charge in [-0.2, -0.15) is 0 Å². The van der Waals surface area contributed by atoms with Crippen molar-refractivity contribution in [1.82, 2.24) is 0 Å². The molecule has 1 aromatic rings. The molecule has 3 nitrogen and oxygen atoms in total. The zero-order chi connectivity index (χ0) is 14.4. The first-order chi connectivity index (χ1) is 8.93. The Labute approximate surface area is 120 Å². The first kappa shape index (κ1) is 16.0. The first-order valence-corrected chi connectivity index (χ1v) is 7.06. The molecule has 0 aliphatic heterocycles. The fourth-order valence-corrected chi connectivity index (χ4v) is 2.31. The average molecular weight is 283 g/mol. The third-order valence-corrected chi connectivity index (χ3v) is 3.56. The number of carbonyl (C=O) groups excluding carboxylic acids is 1. The van der Waals surface area contributed by atoms with Crippen LogP contribution in [0, 0.1) is 18.8 Å². The van der Waals surface area contributed by atoms with Crippen LogP contribution in [0.2, 0.25) is 5.02 Å². The number of amides is 1. The monoisotopic (exact) mass is 282 g/mol. The van der Waals surface area contributed by atoms with Crippen LogP contribution in [0.1, 0.15) is 32.3 Å². The van der Waals surface area contributed by atoms with Gasteiger partial charge in [0.2, 0.25) is 5.91 Å². The molecular weight excluding hydrogens is 260 g/mol. The second-order valence-electron chi connectivity index (χ2n) is 5.40. The Morgan fingerprint density at radius 1 is 1.42 bits per heavy atom. The fourth-order valence-electron chi connectivity index (χ4n) is 2.14. The summed E-state index contributed by atoms with van der Waals surface area (Å²) in [6.07, 6.45) is 1.43. The summed E-state index contributed by atoms with van der Waals surface area (Å²) in [6, 6.07) is 5.51. The highest BCUT2D eigenvalue weighted by atomic mass is 35.5. The van der Waals surface area contributed by atoms with E-state index in [-0.39, 0.29) is 11.8 Å². The van der Waals surface area contributed by atoms with E-state index >= 15 is 0 Å². The Bertz CT molecular complexity index is 432. The normalized spacial score (nSPS) is 12.5. The molecule has 0 bridgehead atoms. The summed E-state index contributed by atoms with van der Waals surface area (Å²) in [5.74, 6) is 0.787. The number of halogens is 1. The molecule has 19 heavy (non-hydrogen) atoms. The zero-order valence-electron chi connectivity index (χ0n) is 11.9. The van der Waals surface area contributed by atoms with Gasteiger partial charge in [-0.15, -0.1) is 0 Å². The maximum absolute atomic E-state index is 12.0. The number of benzene rings is 1. The fraction of sp³-hybridized carbons (Fsp3) is 0.533. The summed E-state index contributed by atoms with van der Waals surface area (Å²) >= 11 is 6.03. The van der Waals surface area contributed by atoms with E-state index < -0.39 is 0 Å². The summed E-state index contributed by atoms with van der Waals surface area (Å²) in [5.41, 5.74) is 7.39. The minimum absolute atomic E-state index is 0.00136. The highest BCUT2D eigenvalue weighted by Crippen LogP contribution is 2.23. The van der Waals surface area contributed by atoms with Gasteiger partial charge in [-0.05, 0) is 49.4 Å². The third kappa shape index (κ3) is 5.21. The molecule has 3 N–H and O–H groups in total. The van der Waals surface area contributed by atoms with Gasteiger partial charge in [0.05, 0.1) is 0 Å². The lowest BCUT2D eigenvalue weighted by atomic mass is 9.94. The zero-order valence-corrected chi connectivity index (χ0v) is 12.6. The van der Waals surface area contributed by atoms with E-state index in [2.05, 4.69) is 19.2 Å². The van der Waals surface area contributed by atoms with Gasteiger partial charge in [0.1, 0.15) is 0 Å². The summed E-state index contributed by atoms with van der Waals surface area (Å²) in [5, 5.41) is 3.57. The minimum atomic E-state index is 0.00136. The largest absolute Gasteiger partial charge is 0.330 e. The quantitative estimate of drug-likeness (QED) is 0.838. The molecule has 106 valence electrons. The molecule has 0 saturated heterocycles. The highest BCUT2D eigenvalue weighted by molar-refractivity contribution is 6.31. The van der Waals surface area contributed by atoms with Gasteiger partial charge in [0, 0.05) is 17.1 Å². The van der Waals surface area contributed by atoms with Gasteiger partial charge in [-0.1, -0.05) is 31.5 Å². The maximum Gasteiger partial charge on any atom is 0.224 e. The van der Waals surface area contributed by atoms with Gasteiger partial charge in [0.15, 0.2) is 0 Å².